The molecule has 0 atom stereocenters. The minimum absolute atomic E-state index is 0.472. The molecule has 11 heavy (non-hydrogen) atoms. The first-order valence-electron chi connectivity index (χ1n) is 2.77. The first kappa shape index (κ1) is 11.4. The molecule has 0 aliphatic rings. The third kappa shape index (κ3) is 6.76. The molecule has 0 saturated heterocycles. The van der Waals surface area contributed by atoms with E-state index in [4.69, 9.17) is 24.6 Å². The summed E-state index contributed by atoms with van der Waals surface area (Å²) in [7, 11) is 9.75. The number of nitrogens with zero attached hydrogens (tertiary/aromatic N) is 1. The molecular formula is C6H8Cl2N2Pt. The topological polar surface area (TPSA) is 38.9 Å². The van der Waals surface area contributed by atoms with Crippen molar-refractivity contribution in [3.05, 3.63) is 30.1 Å². The summed E-state index contributed by atoms with van der Waals surface area (Å²) < 4.78 is 0. The average Bonchev–Trinajstić information content (AvgIpc) is 2.08. The Morgan fingerprint density at radius 2 is 2.09 bits per heavy atom. The van der Waals surface area contributed by atoms with Crippen molar-refractivity contribution < 1.29 is 16.5 Å². The van der Waals surface area contributed by atoms with E-state index in [1.54, 1.807) is 6.20 Å². The predicted octanol–water partition coefficient (Wildman–Crippen LogP) is 1.92. The zero-order chi connectivity index (χ0) is 8.53. The first-order chi connectivity index (χ1) is 5.35. The zero-order valence-electron chi connectivity index (χ0n) is 5.61. The third-order valence-corrected chi connectivity index (χ3v) is 0.935. The van der Waals surface area contributed by atoms with E-state index in [-0.39, 0.29) is 0 Å². The Kier molecular flexibility index (Phi) is 8.77. The van der Waals surface area contributed by atoms with Crippen LogP contribution in [0, 0.1) is 0 Å². The van der Waals surface area contributed by atoms with E-state index < -0.39 is 16.5 Å². The maximum absolute atomic E-state index is 5.29. The van der Waals surface area contributed by atoms with Crippen molar-refractivity contribution in [3.8, 4) is 0 Å². The van der Waals surface area contributed by atoms with Gasteiger partial charge in [0.15, 0.2) is 0 Å². The van der Waals surface area contributed by atoms with Crippen LogP contribution in [0.15, 0.2) is 24.4 Å². The van der Waals surface area contributed by atoms with Crippen LogP contribution >= 0.6 is 18.8 Å². The number of rotatable bonds is 1. The van der Waals surface area contributed by atoms with Gasteiger partial charge in [-0.2, -0.15) is 0 Å². The molecule has 0 radical (unpaired) electrons. The van der Waals surface area contributed by atoms with Crippen LogP contribution in [0.5, 0.6) is 0 Å². The third-order valence-electron chi connectivity index (χ3n) is 0.935. The molecule has 1 aromatic rings. The number of hydrogen-bond acceptors (Lipinski definition) is 2. The van der Waals surface area contributed by atoms with Gasteiger partial charge >= 0.3 is 35.3 Å². The van der Waals surface area contributed by atoms with Gasteiger partial charge in [0, 0.05) is 12.7 Å². The number of halogens is 2. The van der Waals surface area contributed by atoms with E-state index in [1.807, 2.05) is 18.2 Å². The van der Waals surface area contributed by atoms with Crippen LogP contribution < -0.4 is 5.73 Å². The average molecular weight is 374 g/mol. The molecule has 0 spiro atoms. The van der Waals surface area contributed by atoms with Gasteiger partial charge in [0.2, 0.25) is 0 Å². The fourth-order valence-electron chi connectivity index (χ4n) is 0.519. The molecule has 0 aromatic carbocycles. The summed E-state index contributed by atoms with van der Waals surface area (Å²) in [5.74, 6) is 0. The van der Waals surface area contributed by atoms with Gasteiger partial charge in [-0.15, -0.1) is 0 Å². The van der Waals surface area contributed by atoms with Crippen LogP contribution in [0.3, 0.4) is 0 Å². The molecule has 2 N–H and O–H groups in total. The van der Waals surface area contributed by atoms with Crippen molar-refractivity contribution >= 4 is 18.8 Å². The summed E-state index contributed by atoms with van der Waals surface area (Å²) in [5, 5.41) is 0. The Hall–Kier alpha value is 0.378. The van der Waals surface area contributed by atoms with Crippen LogP contribution in [0.2, 0.25) is 0 Å². The number of hydrogen-bond donors (Lipinski definition) is 1. The molecule has 1 heterocycles. The molecule has 0 aliphatic heterocycles. The Labute approximate surface area is 82.5 Å². The number of nitrogens with two attached hydrogens (primary N) is 1. The SMILES string of the molecule is NCc1ccccn1.[Cl][Pt][Cl]. The van der Waals surface area contributed by atoms with E-state index >= 15 is 0 Å². The van der Waals surface area contributed by atoms with Gasteiger partial charge in [0.25, 0.3) is 0 Å². The first-order valence-corrected chi connectivity index (χ1v) is 8.40. The van der Waals surface area contributed by atoms with Crippen LogP contribution in [0.1, 0.15) is 5.69 Å². The van der Waals surface area contributed by atoms with Crippen molar-refractivity contribution in [2.24, 2.45) is 5.73 Å². The zero-order valence-corrected chi connectivity index (χ0v) is 9.40. The van der Waals surface area contributed by atoms with Crippen molar-refractivity contribution in [1.29, 1.82) is 0 Å². The Morgan fingerprint density at radius 1 is 1.45 bits per heavy atom. The second-order valence-corrected chi connectivity index (χ2v) is 4.85. The fourth-order valence-corrected chi connectivity index (χ4v) is 0.519. The second kappa shape index (κ2) is 8.47. The number of aromatic nitrogens is 1. The number of pyridine rings is 1. The van der Waals surface area contributed by atoms with E-state index in [1.165, 1.54) is 0 Å². The molecule has 0 aliphatic carbocycles. The Morgan fingerprint density at radius 3 is 2.36 bits per heavy atom. The van der Waals surface area contributed by atoms with Crippen molar-refractivity contribution in [2.75, 3.05) is 0 Å². The van der Waals surface area contributed by atoms with Gasteiger partial charge in [-0.05, 0) is 12.1 Å². The van der Waals surface area contributed by atoms with Gasteiger partial charge in [-0.25, -0.2) is 0 Å². The molecule has 0 fully saturated rings. The van der Waals surface area contributed by atoms with Gasteiger partial charge in [0.05, 0.1) is 5.69 Å². The van der Waals surface area contributed by atoms with E-state index in [2.05, 4.69) is 4.98 Å². The summed E-state index contributed by atoms with van der Waals surface area (Å²) in [6, 6.07) is 5.70. The van der Waals surface area contributed by atoms with Crippen molar-refractivity contribution in [3.63, 3.8) is 0 Å². The second-order valence-electron chi connectivity index (χ2n) is 1.57. The molecule has 66 valence electrons. The van der Waals surface area contributed by atoms with Crippen LogP contribution in [0.25, 0.3) is 0 Å². The van der Waals surface area contributed by atoms with E-state index in [0.29, 0.717) is 6.54 Å². The van der Waals surface area contributed by atoms with Crippen LogP contribution in [-0.2, 0) is 23.0 Å². The van der Waals surface area contributed by atoms with Crippen LogP contribution in [-0.4, -0.2) is 4.98 Å². The van der Waals surface area contributed by atoms with Gasteiger partial charge in [-0.3, -0.25) is 4.98 Å². The normalized spacial score (nSPS) is 8.64. The summed E-state index contributed by atoms with van der Waals surface area (Å²) >= 11 is -0.472. The van der Waals surface area contributed by atoms with Gasteiger partial charge in [0.1, 0.15) is 0 Å². The van der Waals surface area contributed by atoms with Gasteiger partial charge < -0.3 is 5.73 Å². The molecule has 0 unspecified atom stereocenters. The fraction of sp³-hybridized carbons (Fsp3) is 0.167. The molecule has 5 heteroatoms. The molecular weight excluding hydrogens is 366 g/mol. The predicted molar refractivity (Wildman–Crippen MR) is 43.8 cm³/mol. The Bertz CT molecular complexity index is 171. The molecule has 1 aromatic heterocycles. The molecule has 2 nitrogen and oxygen atoms in total. The van der Waals surface area contributed by atoms with Crippen molar-refractivity contribution in [1.82, 2.24) is 4.98 Å². The minimum atomic E-state index is -0.472. The maximum atomic E-state index is 5.29. The van der Waals surface area contributed by atoms with E-state index in [0.717, 1.165) is 5.69 Å². The quantitative estimate of drug-likeness (QED) is 0.816. The molecule has 0 saturated carbocycles. The standard InChI is InChI=1S/C6H8N2.2ClH.Pt/c7-5-6-3-1-2-4-8-6;;;/h1-4H,5,7H2;2*1H;/q;;;+2/p-2. The summed E-state index contributed by atoms with van der Waals surface area (Å²) in [5.41, 5.74) is 6.22. The molecule has 0 bridgehead atoms. The van der Waals surface area contributed by atoms with Crippen molar-refractivity contribution in [2.45, 2.75) is 6.54 Å². The summed E-state index contributed by atoms with van der Waals surface area (Å²) in [4.78, 5) is 3.97. The molecule has 0 amide bonds. The monoisotopic (exact) mass is 373 g/mol. The Balaban J connectivity index is 0.000000292. The summed E-state index contributed by atoms with van der Waals surface area (Å²) in [6.45, 7) is 0.529. The summed E-state index contributed by atoms with van der Waals surface area (Å²) in [6.07, 6.45) is 1.74. The molecule has 1 rings (SSSR count). The van der Waals surface area contributed by atoms with E-state index in [9.17, 15) is 0 Å². The van der Waals surface area contributed by atoms with Crippen LogP contribution in [0.4, 0.5) is 0 Å². The van der Waals surface area contributed by atoms with Gasteiger partial charge in [-0.1, -0.05) is 6.07 Å².